The lowest BCUT2D eigenvalue weighted by atomic mass is 9.98. The van der Waals surface area contributed by atoms with Crippen molar-refractivity contribution in [1.82, 2.24) is 0 Å². The van der Waals surface area contributed by atoms with E-state index in [0.29, 0.717) is 17.0 Å². The number of benzene rings is 2. The molecule has 0 saturated heterocycles. The van der Waals surface area contributed by atoms with Crippen LogP contribution in [0.25, 0.3) is 0 Å². The van der Waals surface area contributed by atoms with Crippen molar-refractivity contribution in [2.45, 2.75) is 26.7 Å². The molecule has 0 spiro atoms. The van der Waals surface area contributed by atoms with E-state index in [2.05, 4.69) is 19.2 Å². The molecule has 0 atom stereocenters. The van der Waals surface area contributed by atoms with Crippen molar-refractivity contribution in [2.75, 3.05) is 5.32 Å². The Morgan fingerprint density at radius 3 is 2.57 bits per heavy atom. The summed E-state index contributed by atoms with van der Waals surface area (Å²) in [6.45, 7) is 6.18. The van der Waals surface area contributed by atoms with E-state index >= 15 is 0 Å². The fraction of sp³-hybridized carbons (Fsp3) is 0.222. The van der Waals surface area contributed by atoms with Crippen LogP contribution in [0.1, 0.15) is 46.8 Å². The summed E-state index contributed by atoms with van der Waals surface area (Å²) in [7, 11) is 0. The van der Waals surface area contributed by atoms with Crippen LogP contribution in [0.3, 0.4) is 0 Å². The highest BCUT2D eigenvalue weighted by Gasteiger charge is 2.13. The molecule has 0 aliphatic rings. The first-order chi connectivity index (χ1) is 10.0. The van der Waals surface area contributed by atoms with Crippen molar-refractivity contribution >= 4 is 11.6 Å². The number of carbonyl (C=O) groups excluding carboxylic acids is 1. The van der Waals surface area contributed by atoms with Gasteiger partial charge in [-0.25, -0.2) is 0 Å². The first-order valence-electron chi connectivity index (χ1n) is 6.94. The average molecular weight is 278 g/mol. The molecule has 21 heavy (non-hydrogen) atoms. The predicted molar refractivity (Wildman–Crippen MR) is 84.4 cm³/mol. The van der Waals surface area contributed by atoms with Gasteiger partial charge in [-0.2, -0.15) is 5.26 Å². The molecule has 3 heteroatoms. The second-order valence-corrected chi connectivity index (χ2v) is 5.34. The topological polar surface area (TPSA) is 52.9 Å². The van der Waals surface area contributed by atoms with E-state index in [-0.39, 0.29) is 5.91 Å². The molecule has 0 saturated carbocycles. The molecule has 0 aromatic heterocycles. The van der Waals surface area contributed by atoms with Crippen molar-refractivity contribution in [3.63, 3.8) is 0 Å². The lowest BCUT2D eigenvalue weighted by Gasteiger charge is -2.16. The maximum Gasteiger partial charge on any atom is 0.255 e. The van der Waals surface area contributed by atoms with Gasteiger partial charge in [0.05, 0.1) is 11.6 Å². The summed E-state index contributed by atoms with van der Waals surface area (Å²) >= 11 is 0. The Morgan fingerprint density at radius 1 is 1.19 bits per heavy atom. The molecular weight excluding hydrogens is 260 g/mol. The molecule has 0 unspecified atom stereocenters. The van der Waals surface area contributed by atoms with Gasteiger partial charge in [0, 0.05) is 11.3 Å². The van der Waals surface area contributed by atoms with Crippen molar-refractivity contribution in [1.29, 1.82) is 5.26 Å². The molecular formula is C18H18N2O. The summed E-state index contributed by atoms with van der Waals surface area (Å²) in [5.74, 6) is 0.133. The monoisotopic (exact) mass is 278 g/mol. The van der Waals surface area contributed by atoms with Crippen LogP contribution in [0.4, 0.5) is 5.69 Å². The average Bonchev–Trinajstić information content (AvgIpc) is 2.49. The van der Waals surface area contributed by atoms with Crippen LogP contribution in [-0.2, 0) is 0 Å². The molecule has 1 amide bonds. The van der Waals surface area contributed by atoms with E-state index in [1.54, 1.807) is 24.3 Å². The van der Waals surface area contributed by atoms with Crippen LogP contribution < -0.4 is 5.32 Å². The van der Waals surface area contributed by atoms with Gasteiger partial charge in [0.25, 0.3) is 5.91 Å². The largest absolute Gasteiger partial charge is 0.321 e. The molecule has 1 N–H and O–H groups in total. The van der Waals surface area contributed by atoms with Crippen LogP contribution in [-0.4, -0.2) is 5.91 Å². The number of nitriles is 1. The zero-order chi connectivity index (χ0) is 15.4. The Morgan fingerprint density at radius 2 is 1.90 bits per heavy atom. The van der Waals surface area contributed by atoms with Crippen molar-refractivity contribution in [2.24, 2.45) is 0 Å². The molecule has 0 aliphatic carbocycles. The van der Waals surface area contributed by atoms with Gasteiger partial charge in [0.2, 0.25) is 0 Å². The lowest BCUT2D eigenvalue weighted by molar-refractivity contribution is 0.102. The molecule has 0 heterocycles. The number of rotatable bonds is 3. The van der Waals surface area contributed by atoms with Gasteiger partial charge in [-0.15, -0.1) is 0 Å². The summed E-state index contributed by atoms with van der Waals surface area (Å²) in [6, 6.07) is 14.8. The van der Waals surface area contributed by atoms with Gasteiger partial charge in [0.15, 0.2) is 0 Å². The minimum atomic E-state index is -0.191. The number of hydrogen-bond acceptors (Lipinski definition) is 2. The Labute approximate surface area is 125 Å². The molecule has 2 rings (SSSR count). The number of amides is 1. The SMILES string of the molecule is Cc1cccc(C(C)C)c1NC(=O)c1cccc(C#N)c1. The predicted octanol–water partition coefficient (Wildman–Crippen LogP) is 4.24. The number of carbonyl (C=O) groups is 1. The van der Waals surface area contributed by atoms with Crippen LogP contribution in [0.15, 0.2) is 42.5 Å². The van der Waals surface area contributed by atoms with Crippen LogP contribution >= 0.6 is 0 Å². The highest BCUT2D eigenvalue weighted by atomic mass is 16.1. The van der Waals surface area contributed by atoms with E-state index in [4.69, 9.17) is 5.26 Å². The highest BCUT2D eigenvalue weighted by Crippen LogP contribution is 2.27. The number of hydrogen-bond donors (Lipinski definition) is 1. The Hall–Kier alpha value is -2.60. The molecule has 0 aliphatic heterocycles. The summed E-state index contributed by atoms with van der Waals surface area (Å²) in [6.07, 6.45) is 0. The molecule has 2 aromatic rings. The number of aryl methyl sites for hydroxylation is 1. The van der Waals surface area contributed by atoms with Crippen molar-refractivity contribution in [3.8, 4) is 6.07 Å². The van der Waals surface area contributed by atoms with Gasteiger partial charge in [0.1, 0.15) is 0 Å². The third-order valence-corrected chi connectivity index (χ3v) is 3.42. The summed E-state index contributed by atoms with van der Waals surface area (Å²) in [5.41, 5.74) is 3.98. The molecule has 3 nitrogen and oxygen atoms in total. The first-order valence-corrected chi connectivity index (χ1v) is 6.94. The zero-order valence-corrected chi connectivity index (χ0v) is 12.5. The molecule has 0 fully saturated rings. The Bertz CT molecular complexity index is 711. The van der Waals surface area contributed by atoms with E-state index in [1.807, 2.05) is 31.2 Å². The maximum absolute atomic E-state index is 12.4. The van der Waals surface area contributed by atoms with Crippen molar-refractivity contribution in [3.05, 3.63) is 64.7 Å². The normalized spacial score (nSPS) is 10.2. The van der Waals surface area contributed by atoms with E-state index in [1.165, 1.54) is 0 Å². The third-order valence-electron chi connectivity index (χ3n) is 3.42. The van der Waals surface area contributed by atoms with Gasteiger partial charge >= 0.3 is 0 Å². The fourth-order valence-corrected chi connectivity index (χ4v) is 2.26. The Kier molecular flexibility index (Phi) is 4.39. The number of nitrogens with one attached hydrogen (secondary N) is 1. The molecule has 2 aromatic carbocycles. The minimum Gasteiger partial charge on any atom is -0.321 e. The lowest BCUT2D eigenvalue weighted by Crippen LogP contribution is -2.15. The molecule has 106 valence electrons. The quantitative estimate of drug-likeness (QED) is 0.912. The van der Waals surface area contributed by atoms with E-state index < -0.39 is 0 Å². The van der Waals surface area contributed by atoms with E-state index in [0.717, 1.165) is 16.8 Å². The second-order valence-electron chi connectivity index (χ2n) is 5.34. The molecule has 0 bridgehead atoms. The third kappa shape index (κ3) is 3.29. The summed E-state index contributed by atoms with van der Waals surface area (Å²) < 4.78 is 0. The van der Waals surface area contributed by atoms with Crippen LogP contribution in [0.2, 0.25) is 0 Å². The van der Waals surface area contributed by atoms with Gasteiger partial charge in [-0.05, 0) is 42.2 Å². The van der Waals surface area contributed by atoms with Crippen molar-refractivity contribution < 1.29 is 4.79 Å². The van der Waals surface area contributed by atoms with Crippen LogP contribution in [0, 0.1) is 18.3 Å². The smallest absolute Gasteiger partial charge is 0.255 e. The molecule has 0 radical (unpaired) electrons. The highest BCUT2D eigenvalue weighted by molar-refractivity contribution is 6.05. The van der Waals surface area contributed by atoms with Gasteiger partial charge in [-0.3, -0.25) is 4.79 Å². The van der Waals surface area contributed by atoms with Gasteiger partial charge in [-0.1, -0.05) is 38.1 Å². The van der Waals surface area contributed by atoms with Gasteiger partial charge < -0.3 is 5.32 Å². The number of anilines is 1. The summed E-state index contributed by atoms with van der Waals surface area (Å²) in [5, 5.41) is 11.9. The number of nitrogens with zero attached hydrogens (tertiary/aromatic N) is 1. The maximum atomic E-state index is 12.4. The Balaban J connectivity index is 2.34. The minimum absolute atomic E-state index is 0.191. The fourth-order valence-electron chi connectivity index (χ4n) is 2.26. The second kappa shape index (κ2) is 6.23. The standard InChI is InChI=1S/C18H18N2O/c1-12(2)16-9-4-6-13(3)17(16)20-18(21)15-8-5-7-14(10-15)11-19/h4-10,12H,1-3H3,(H,20,21). The first kappa shape index (κ1) is 14.8. The zero-order valence-electron chi connectivity index (χ0n) is 12.5. The number of para-hydroxylation sites is 1. The summed E-state index contributed by atoms with van der Waals surface area (Å²) in [4.78, 5) is 12.4. The van der Waals surface area contributed by atoms with Crippen LogP contribution in [0.5, 0.6) is 0 Å². The van der Waals surface area contributed by atoms with E-state index in [9.17, 15) is 4.79 Å².